The van der Waals surface area contributed by atoms with Crippen LogP contribution >= 0.6 is 11.6 Å². The number of primary amides is 1. The number of aromatic nitrogens is 2. The van der Waals surface area contributed by atoms with Crippen molar-refractivity contribution in [1.82, 2.24) is 9.97 Å². The molecule has 1 heterocycles. The fourth-order valence-electron chi connectivity index (χ4n) is 1.93. The Hall–Kier alpha value is -2.66. The molecule has 5 nitrogen and oxygen atoms in total. The van der Waals surface area contributed by atoms with Crippen LogP contribution in [-0.2, 0) is 0 Å². The zero-order valence-corrected chi connectivity index (χ0v) is 11.6. The van der Waals surface area contributed by atoms with Crippen molar-refractivity contribution in [2.24, 2.45) is 5.73 Å². The maximum atomic E-state index is 11.6. The van der Waals surface area contributed by atoms with Gasteiger partial charge in [0.25, 0.3) is 5.91 Å². The first-order valence-corrected chi connectivity index (χ1v) is 6.60. The zero-order chi connectivity index (χ0) is 14.8. The van der Waals surface area contributed by atoms with Gasteiger partial charge in [0.05, 0.1) is 11.0 Å². The number of anilines is 2. The largest absolute Gasteiger partial charge is 0.364 e. The molecule has 1 aromatic heterocycles. The van der Waals surface area contributed by atoms with E-state index in [0.29, 0.717) is 21.9 Å². The number of benzene rings is 2. The second-order valence-electron chi connectivity index (χ2n) is 4.41. The molecule has 0 spiro atoms. The predicted molar refractivity (Wildman–Crippen MR) is 82.8 cm³/mol. The number of para-hydroxylation sites is 2. The standard InChI is InChI=1S/C15H11ClN4O/c16-9-5-7-10(8-6-9)18-15-13(14(17)21)19-11-3-1-2-4-12(11)20-15/h1-8H,(H2,17,21)(H,18,20). The molecule has 0 saturated carbocycles. The van der Waals surface area contributed by atoms with E-state index in [1.807, 2.05) is 18.2 Å². The number of hydrogen-bond acceptors (Lipinski definition) is 4. The van der Waals surface area contributed by atoms with Gasteiger partial charge in [-0.1, -0.05) is 23.7 Å². The second-order valence-corrected chi connectivity index (χ2v) is 4.84. The SMILES string of the molecule is NC(=O)c1nc2ccccc2nc1Nc1ccc(Cl)cc1. The topological polar surface area (TPSA) is 80.9 Å². The van der Waals surface area contributed by atoms with Gasteiger partial charge in [0, 0.05) is 10.7 Å². The molecule has 0 aliphatic rings. The zero-order valence-electron chi connectivity index (χ0n) is 10.9. The monoisotopic (exact) mass is 298 g/mol. The normalized spacial score (nSPS) is 10.5. The second kappa shape index (κ2) is 5.38. The van der Waals surface area contributed by atoms with Crippen LogP contribution in [0.4, 0.5) is 11.5 Å². The minimum Gasteiger partial charge on any atom is -0.364 e. The summed E-state index contributed by atoms with van der Waals surface area (Å²) in [6, 6.07) is 14.3. The van der Waals surface area contributed by atoms with E-state index in [1.165, 1.54) is 0 Å². The van der Waals surface area contributed by atoms with Gasteiger partial charge in [-0.15, -0.1) is 0 Å². The molecule has 21 heavy (non-hydrogen) atoms. The molecule has 104 valence electrons. The Balaban J connectivity index is 2.09. The summed E-state index contributed by atoms with van der Waals surface area (Å²) < 4.78 is 0. The van der Waals surface area contributed by atoms with Crippen LogP contribution in [0.5, 0.6) is 0 Å². The summed E-state index contributed by atoms with van der Waals surface area (Å²) >= 11 is 5.84. The summed E-state index contributed by atoms with van der Waals surface area (Å²) in [4.78, 5) is 20.2. The van der Waals surface area contributed by atoms with Gasteiger partial charge < -0.3 is 11.1 Å². The van der Waals surface area contributed by atoms with Crippen LogP contribution in [-0.4, -0.2) is 15.9 Å². The van der Waals surface area contributed by atoms with Gasteiger partial charge in [-0.2, -0.15) is 0 Å². The number of carbonyl (C=O) groups is 1. The van der Waals surface area contributed by atoms with Gasteiger partial charge in [-0.25, -0.2) is 9.97 Å². The Bertz CT molecular complexity index is 818. The molecule has 0 saturated heterocycles. The number of amides is 1. The summed E-state index contributed by atoms with van der Waals surface area (Å²) in [7, 11) is 0. The van der Waals surface area contributed by atoms with Gasteiger partial charge >= 0.3 is 0 Å². The van der Waals surface area contributed by atoms with Crippen molar-refractivity contribution in [1.29, 1.82) is 0 Å². The summed E-state index contributed by atoms with van der Waals surface area (Å²) in [6.07, 6.45) is 0. The average Bonchev–Trinajstić information content (AvgIpc) is 2.48. The van der Waals surface area contributed by atoms with E-state index >= 15 is 0 Å². The summed E-state index contributed by atoms with van der Waals surface area (Å²) in [5, 5.41) is 3.67. The molecule has 0 bridgehead atoms. The van der Waals surface area contributed by atoms with Crippen molar-refractivity contribution in [2.75, 3.05) is 5.32 Å². The fraction of sp³-hybridized carbons (Fsp3) is 0. The van der Waals surface area contributed by atoms with E-state index in [-0.39, 0.29) is 5.69 Å². The van der Waals surface area contributed by atoms with Crippen LogP contribution in [0, 0.1) is 0 Å². The fourth-order valence-corrected chi connectivity index (χ4v) is 2.05. The lowest BCUT2D eigenvalue weighted by atomic mass is 10.2. The van der Waals surface area contributed by atoms with Gasteiger partial charge in [0.15, 0.2) is 11.5 Å². The Morgan fingerprint density at radius 1 is 1.00 bits per heavy atom. The molecule has 1 amide bonds. The molecule has 3 aromatic rings. The van der Waals surface area contributed by atoms with Crippen LogP contribution in [0.2, 0.25) is 5.02 Å². The third-order valence-electron chi connectivity index (χ3n) is 2.91. The van der Waals surface area contributed by atoms with Crippen molar-refractivity contribution in [3.63, 3.8) is 0 Å². The van der Waals surface area contributed by atoms with E-state index in [4.69, 9.17) is 17.3 Å². The Labute approximate surface area is 125 Å². The molecule has 3 rings (SSSR count). The number of hydrogen-bond donors (Lipinski definition) is 2. The number of nitrogens with zero attached hydrogens (tertiary/aromatic N) is 2. The molecule has 0 radical (unpaired) electrons. The van der Waals surface area contributed by atoms with Crippen molar-refractivity contribution in [3.8, 4) is 0 Å². The van der Waals surface area contributed by atoms with Gasteiger partial charge in [-0.3, -0.25) is 4.79 Å². The van der Waals surface area contributed by atoms with Gasteiger partial charge in [-0.05, 0) is 36.4 Å². The average molecular weight is 299 g/mol. The predicted octanol–water partition coefficient (Wildman–Crippen LogP) is 3.13. The lowest BCUT2D eigenvalue weighted by Crippen LogP contribution is -2.16. The number of nitrogens with one attached hydrogen (secondary N) is 1. The van der Waals surface area contributed by atoms with Gasteiger partial charge in [0.2, 0.25) is 0 Å². The molecule has 0 aliphatic heterocycles. The van der Waals surface area contributed by atoms with Crippen molar-refractivity contribution in [3.05, 3.63) is 59.2 Å². The highest BCUT2D eigenvalue weighted by Gasteiger charge is 2.13. The van der Waals surface area contributed by atoms with E-state index in [1.54, 1.807) is 30.3 Å². The summed E-state index contributed by atoms with van der Waals surface area (Å²) in [6.45, 7) is 0. The number of nitrogens with two attached hydrogens (primary N) is 1. The minimum absolute atomic E-state index is 0.101. The van der Waals surface area contributed by atoms with Crippen LogP contribution in [0.25, 0.3) is 11.0 Å². The smallest absolute Gasteiger partial charge is 0.271 e. The quantitative estimate of drug-likeness (QED) is 0.778. The molecular weight excluding hydrogens is 288 g/mol. The molecule has 0 unspecified atom stereocenters. The highest BCUT2D eigenvalue weighted by Crippen LogP contribution is 2.22. The van der Waals surface area contributed by atoms with Crippen molar-refractivity contribution < 1.29 is 4.79 Å². The number of fused-ring (bicyclic) bond motifs is 1. The molecule has 0 fully saturated rings. The van der Waals surface area contributed by atoms with E-state index in [0.717, 1.165) is 5.69 Å². The summed E-state index contributed by atoms with van der Waals surface area (Å²) in [5.74, 6) is -0.312. The van der Waals surface area contributed by atoms with Crippen LogP contribution in [0.1, 0.15) is 10.5 Å². The van der Waals surface area contributed by atoms with Crippen LogP contribution in [0.3, 0.4) is 0 Å². The lowest BCUT2D eigenvalue weighted by molar-refractivity contribution is 0.0996. The van der Waals surface area contributed by atoms with Crippen molar-refractivity contribution >= 4 is 40.0 Å². The first-order chi connectivity index (χ1) is 10.1. The van der Waals surface area contributed by atoms with Crippen LogP contribution in [0.15, 0.2) is 48.5 Å². The highest BCUT2D eigenvalue weighted by molar-refractivity contribution is 6.30. The first kappa shape index (κ1) is 13.3. The third-order valence-corrected chi connectivity index (χ3v) is 3.16. The molecule has 0 aliphatic carbocycles. The molecule has 6 heteroatoms. The minimum atomic E-state index is -0.635. The number of rotatable bonds is 3. The number of halogens is 1. The Kier molecular flexibility index (Phi) is 3.41. The van der Waals surface area contributed by atoms with Gasteiger partial charge in [0.1, 0.15) is 0 Å². The Morgan fingerprint density at radius 3 is 2.24 bits per heavy atom. The molecular formula is C15H11ClN4O. The number of carbonyl (C=O) groups excluding carboxylic acids is 1. The molecule has 0 atom stereocenters. The summed E-state index contributed by atoms with van der Waals surface area (Å²) in [5.41, 5.74) is 7.52. The maximum absolute atomic E-state index is 11.6. The van der Waals surface area contributed by atoms with E-state index < -0.39 is 5.91 Å². The Morgan fingerprint density at radius 2 is 1.62 bits per heavy atom. The highest BCUT2D eigenvalue weighted by atomic mass is 35.5. The van der Waals surface area contributed by atoms with E-state index in [9.17, 15) is 4.79 Å². The molecule has 3 N–H and O–H groups in total. The van der Waals surface area contributed by atoms with E-state index in [2.05, 4.69) is 15.3 Å². The lowest BCUT2D eigenvalue weighted by Gasteiger charge is -2.10. The third kappa shape index (κ3) is 2.78. The maximum Gasteiger partial charge on any atom is 0.271 e. The van der Waals surface area contributed by atoms with Crippen molar-refractivity contribution in [2.45, 2.75) is 0 Å². The molecule has 2 aromatic carbocycles. The van der Waals surface area contributed by atoms with Crippen LogP contribution < -0.4 is 11.1 Å². The first-order valence-electron chi connectivity index (χ1n) is 6.22.